The zero-order valence-electron chi connectivity index (χ0n) is 13.9. The number of rotatable bonds is 5. The summed E-state index contributed by atoms with van der Waals surface area (Å²) in [5.41, 5.74) is 8.15. The van der Waals surface area contributed by atoms with Gasteiger partial charge in [-0.1, -0.05) is 31.4 Å². The second kappa shape index (κ2) is 7.29. The second-order valence-electron chi connectivity index (χ2n) is 6.23. The molecule has 1 aliphatic rings. The molecule has 1 fully saturated rings. The van der Waals surface area contributed by atoms with Gasteiger partial charge in [0.25, 0.3) is 0 Å². The Morgan fingerprint density at radius 3 is 2.67 bits per heavy atom. The van der Waals surface area contributed by atoms with Crippen molar-refractivity contribution in [3.05, 3.63) is 36.2 Å². The Bertz CT molecular complexity index is 725. The van der Waals surface area contributed by atoms with E-state index < -0.39 is 0 Å². The van der Waals surface area contributed by atoms with Crippen LogP contribution in [-0.4, -0.2) is 21.8 Å². The van der Waals surface area contributed by atoms with E-state index in [1.807, 2.05) is 12.1 Å². The average Bonchev–Trinajstić information content (AvgIpc) is 2.60. The topological polar surface area (TPSA) is 92.9 Å². The van der Waals surface area contributed by atoms with Crippen LogP contribution in [0, 0.1) is 0 Å². The number of nitrogens with zero attached hydrogens (tertiary/aromatic N) is 2. The van der Waals surface area contributed by atoms with Gasteiger partial charge in [0, 0.05) is 17.3 Å². The molecule has 0 atom stereocenters. The Kier molecular flexibility index (Phi) is 4.93. The summed E-state index contributed by atoms with van der Waals surface area (Å²) >= 11 is 0. The molecule has 0 bridgehead atoms. The summed E-state index contributed by atoms with van der Waals surface area (Å²) in [5.74, 6) is 1.24. The first-order valence-corrected chi connectivity index (χ1v) is 8.38. The van der Waals surface area contributed by atoms with Crippen molar-refractivity contribution in [1.29, 1.82) is 0 Å². The minimum atomic E-state index is 0.0222. The maximum absolute atomic E-state index is 11.5. The van der Waals surface area contributed by atoms with Crippen LogP contribution in [0.5, 0.6) is 0 Å². The SMILES string of the molecule is CC(=O)c1cccc(Nc2ncnc(NC3CCCCC3)c2N)c1. The van der Waals surface area contributed by atoms with Crippen LogP contribution in [0.25, 0.3) is 0 Å². The quantitative estimate of drug-likeness (QED) is 0.725. The average molecular weight is 325 g/mol. The van der Waals surface area contributed by atoms with Crippen LogP contribution in [0.4, 0.5) is 23.0 Å². The van der Waals surface area contributed by atoms with E-state index in [0.29, 0.717) is 28.9 Å². The molecule has 6 nitrogen and oxygen atoms in total. The number of hydrogen-bond acceptors (Lipinski definition) is 6. The summed E-state index contributed by atoms with van der Waals surface area (Å²) in [4.78, 5) is 20.0. The first-order chi connectivity index (χ1) is 11.6. The molecule has 1 aliphatic carbocycles. The number of carbonyl (C=O) groups is 1. The van der Waals surface area contributed by atoms with E-state index in [2.05, 4.69) is 20.6 Å². The van der Waals surface area contributed by atoms with Crippen LogP contribution in [0.2, 0.25) is 0 Å². The summed E-state index contributed by atoms with van der Waals surface area (Å²) in [6, 6.07) is 7.70. The first-order valence-electron chi connectivity index (χ1n) is 8.38. The van der Waals surface area contributed by atoms with Crippen molar-refractivity contribution in [1.82, 2.24) is 9.97 Å². The van der Waals surface area contributed by atoms with Crippen LogP contribution in [0.3, 0.4) is 0 Å². The summed E-state index contributed by atoms with van der Waals surface area (Å²) < 4.78 is 0. The van der Waals surface area contributed by atoms with Crippen molar-refractivity contribution in [3.8, 4) is 0 Å². The third kappa shape index (κ3) is 3.82. The molecule has 4 N–H and O–H groups in total. The Hall–Kier alpha value is -2.63. The zero-order chi connectivity index (χ0) is 16.9. The van der Waals surface area contributed by atoms with Gasteiger partial charge in [0.15, 0.2) is 17.4 Å². The van der Waals surface area contributed by atoms with Gasteiger partial charge in [0.2, 0.25) is 0 Å². The molecule has 0 saturated heterocycles. The first kappa shape index (κ1) is 16.2. The van der Waals surface area contributed by atoms with E-state index in [4.69, 9.17) is 5.73 Å². The van der Waals surface area contributed by atoms with E-state index >= 15 is 0 Å². The number of hydrogen-bond donors (Lipinski definition) is 3. The van der Waals surface area contributed by atoms with E-state index in [9.17, 15) is 4.79 Å². The fourth-order valence-electron chi connectivity index (χ4n) is 3.00. The van der Waals surface area contributed by atoms with Gasteiger partial charge in [-0.05, 0) is 31.9 Å². The summed E-state index contributed by atoms with van der Waals surface area (Å²) in [7, 11) is 0. The summed E-state index contributed by atoms with van der Waals surface area (Å²) in [6.07, 6.45) is 7.58. The van der Waals surface area contributed by atoms with E-state index in [-0.39, 0.29) is 5.78 Å². The van der Waals surface area contributed by atoms with Gasteiger partial charge in [-0.25, -0.2) is 9.97 Å². The molecular formula is C18H23N5O. The Morgan fingerprint density at radius 2 is 1.92 bits per heavy atom. The van der Waals surface area contributed by atoms with Crippen LogP contribution < -0.4 is 16.4 Å². The van der Waals surface area contributed by atoms with E-state index in [1.165, 1.54) is 25.6 Å². The lowest BCUT2D eigenvalue weighted by Crippen LogP contribution is -2.23. The molecular weight excluding hydrogens is 302 g/mol. The lowest BCUT2D eigenvalue weighted by atomic mass is 9.95. The van der Waals surface area contributed by atoms with Gasteiger partial charge < -0.3 is 16.4 Å². The van der Waals surface area contributed by atoms with Gasteiger partial charge in [0.05, 0.1) is 0 Å². The fourth-order valence-corrected chi connectivity index (χ4v) is 3.00. The van der Waals surface area contributed by atoms with Crippen LogP contribution in [-0.2, 0) is 0 Å². The molecule has 0 amide bonds. The molecule has 1 aromatic heterocycles. The molecule has 126 valence electrons. The number of anilines is 4. The Labute approximate surface area is 141 Å². The number of benzene rings is 1. The number of ketones is 1. The number of aromatic nitrogens is 2. The van der Waals surface area contributed by atoms with Gasteiger partial charge >= 0.3 is 0 Å². The van der Waals surface area contributed by atoms with Crippen molar-refractivity contribution >= 4 is 28.8 Å². The number of nitrogens with one attached hydrogen (secondary N) is 2. The summed E-state index contributed by atoms with van der Waals surface area (Å²) in [6.45, 7) is 1.55. The van der Waals surface area contributed by atoms with E-state index in [1.54, 1.807) is 19.1 Å². The van der Waals surface area contributed by atoms with Crippen LogP contribution in [0.15, 0.2) is 30.6 Å². The molecule has 0 unspecified atom stereocenters. The van der Waals surface area contributed by atoms with Gasteiger partial charge in [0.1, 0.15) is 12.0 Å². The largest absolute Gasteiger partial charge is 0.393 e. The van der Waals surface area contributed by atoms with Gasteiger partial charge in [-0.15, -0.1) is 0 Å². The molecule has 1 heterocycles. The van der Waals surface area contributed by atoms with Crippen molar-refractivity contribution < 1.29 is 4.79 Å². The maximum atomic E-state index is 11.5. The highest BCUT2D eigenvalue weighted by Gasteiger charge is 2.16. The van der Waals surface area contributed by atoms with Crippen molar-refractivity contribution in [2.45, 2.75) is 45.1 Å². The highest BCUT2D eigenvalue weighted by molar-refractivity contribution is 5.95. The van der Waals surface area contributed by atoms with Gasteiger partial charge in [-0.2, -0.15) is 0 Å². The Morgan fingerprint density at radius 1 is 1.17 bits per heavy atom. The maximum Gasteiger partial charge on any atom is 0.159 e. The second-order valence-corrected chi connectivity index (χ2v) is 6.23. The molecule has 24 heavy (non-hydrogen) atoms. The third-order valence-corrected chi connectivity index (χ3v) is 4.36. The molecule has 6 heteroatoms. The zero-order valence-corrected chi connectivity index (χ0v) is 13.9. The minimum absolute atomic E-state index is 0.0222. The highest BCUT2D eigenvalue weighted by atomic mass is 16.1. The minimum Gasteiger partial charge on any atom is -0.393 e. The lowest BCUT2D eigenvalue weighted by Gasteiger charge is -2.24. The molecule has 0 aliphatic heterocycles. The smallest absolute Gasteiger partial charge is 0.159 e. The predicted octanol–water partition coefficient (Wildman–Crippen LogP) is 3.75. The predicted molar refractivity (Wildman–Crippen MR) is 96.7 cm³/mol. The molecule has 1 saturated carbocycles. The Balaban J connectivity index is 1.77. The van der Waals surface area contributed by atoms with E-state index in [0.717, 1.165) is 18.5 Å². The monoisotopic (exact) mass is 325 g/mol. The van der Waals surface area contributed by atoms with Crippen LogP contribution >= 0.6 is 0 Å². The fraction of sp³-hybridized carbons (Fsp3) is 0.389. The molecule has 0 radical (unpaired) electrons. The summed E-state index contributed by atoms with van der Waals surface area (Å²) in [5, 5.41) is 6.61. The number of nitrogen functional groups attached to an aromatic ring is 1. The van der Waals surface area contributed by atoms with Crippen LogP contribution in [0.1, 0.15) is 49.4 Å². The number of Topliss-reactive ketones (excluding diaryl/α,β-unsaturated/α-hetero) is 1. The highest BCUT2D eigenvalue weighted by Crippen LogP contribution is 2.28. The molecule has 2 aromatic rings. The van der Waals surface area contributed by atoms with Gasteiger partial charge in [-0.3, -0.25) is 4.79 Å². The normalized spacial score (nSPS) is 15.0. The number of carbonyl (C=O) groups excluding carboxylic acids is 1. The number of nitrogens with two attached hydrogens (primary N) is 1. The standard InChI is InChI=1S/C18H23N5O/c1-12(24)13-6-5-9-15(10-13)23-18-16(19)17(20-11-21-18)22-14-7-3-2-4-8-14/h5-6,9-11,14H,2-4,7-8,19H2,1H3,(H2,20,21,22,23). The van der Waals surface area contributed by atoms with Crippen molar-refractivity contribution in [2.24, 2.45) is 0 Å². The van der Waals surface area contributed by atoms with Crippen molar-refractivity contribution in [2.75, 3.05) is 16.4 Å². The molecule has 0 spiro atoms. The van der Waals surface area contributed by atoms with Crippen molar-refractivity contribution in [3.63, 3.8) is 0 Å². The lowest BCUT2D eigenvalue weighted by molar-refractivity contribution is 0.101. The molecule has 3 rings (SSSR count). The molecule has 1 aromatic carbocycles. The third-order valence-electron chi connectivity index (χ3n) is 4.36.